The van der Waals surface area contributed by atoms with E-state index in [1.165, 1.54) is 38.5 Å². The molecule has 2 nitrogen and oxygen atoms in total. The van der Waals surface area contributed by atoms with Crippen LogP contribution in [0.15, 0.2) is 0 Å². The Labute approximate surface area is 132 Å². The third-order valence-electron chi connectivity index (χ3n) is 5.20. The summed E-state index contributed by atoms with van der Waals surface area (Å²) in [7, 11) is 0. The summed E-state index contributed by atoms with van der Waals surface area (Å²) in [5.41, 5.74) is 0.385. The fraction of sp³-hybridized carbons (Fsp3) is 1.00. The molecule has 0 aromatic heterocycles. The van der Waals surface area contributed by atoms with E-state index in [0.717, 1.165) is 44.0 Å². The summed E-state index contributed by atoms with van der Waals surface area (Å²) >= 11 is 0. The van der Waals surface area contributed by atoms with Gasteiger partial charge in [0, 0.05) is 0 Å². The summed E-state index contributed by atoms with van der Waals surface area (Å²) in [5, 5.41) is 0. The molecule has 1 saturated heterocycles. The number of rotatable bonds is 6. The predicted molar refractivity (Wildman–Crippen MR) is 88.5 cm³/mol. The Kier molecular flexibility index (Phi) is 6.55. The van der Waals surface area contributed by atoms with Crippen LogP contribution in [0.2, 0.25) is 0 Å². The Morgan fingerprint density at radius 3 is 2.48 bits per heavy atom. The first kappa shape index (κ1) is 17.3. The highest BCUT2D eigenvalue weighted by Crippen LogP contribution is 2.41. The van der Waals surface area contributed by atoms with Crippen molar-refractivity contribution in [3.63, 3.8) is 0 Å². The van der Waals surface area contributed by atoms with Crippen molar-refractivity contribution >= 4 is 0 Å². The Morgan fingerprint density at radius 1 is 1.05 bits per heavy atom. The Hall–Kier alpha value is -0.0800. The van der Waals surface area contributed by atoms with Crippen molar-refractivity contribution < 1.29 is 9.47 Å². The molecular weight excluding hydrogens is 260 g/mol. The highest BCUT2D eigenvalue weighted by atomic mass is 16.6. The molecule has 3 unspecified atom stereocenters. The number of hydrogen-bond donors (Lipinski definition) is 0. The van der Waals surface area contributed by atoms with Crippen molar-refractivity contribution in [3.8, 4) is 0 Å². The normalized spacial score (nSPS) is 31.6. The lowest BCUT2D eigenvalue weighted by atomic mass is 9.70. The van der Waals surface area contributed by atoms with Crippen LogP contribution in [0.25, 0.3) is 0 Å². The number of ether oxygens (including phenoxy) is 2. The van der Waals surface area contributed by atoms with Gasteiger partial charge in [0.2, 0.25) is 0 Å². The van der Waals surface area contributed by atoms with Crippen LogP contribution in [0.1, 0.15) is 72.6 Å². The molecule has 21 heavy (non-hydrogen) atoms. The summed E-state index contributed by atoms with van der Waals surface area (Å²) in [5.74, 6) is 2.77. The molecule has 0 spiro atoms. The largest absolute Gasteiger partial charge is 0.376 e. The van der Waals surface area contributed by atoms with Crippen LogP contribution >= 0.6 is 0 Å². The van der Waals surface area contributed by atoms with Gasteiger partial charge in [-0.15, -0.1) is 0 Å². The average Bonchev–Trinajstić information content (AvgIpc) is 2.38. The van der Waals surface area contributed by atoms with Crippen molar-refractivity contribution in [3.05, 3.63) is 0 Å². The molecular formula is C19H36O2. The molecule has 2 aliphatic rings. The van der Waals surface area contributed by atoms with E-state index in [1.54, 1.807) is 0 Å². The summed E-state index contributed by atoms with van der Waals surface area (Å²) in [6.45, 7) is 11.9. The van der Waals surface area contributed by atoms with E-state index in [9.17, 15) is 0 Å². The fourth-order valence-electron chi connectivity index (χ4n) is 4.60. The van der Waals surface area contributed by atoms with Crippen LogP contribution in [0.3, 0.4) is 0 Å². The van der Waals surface area contributed by atoms with Crippen LogP contribution in [-0.2, 0) is 9.47 Å². The van der Waals surface area contributed by atoms with Gasteiger partial charge in [0.05, 0.1) is 25.9 Å². The molecule has 0 aromatic carbocycles. The topological polar surface area (TPSA) is 18.5 Å². The molecule has 124 valence electrons. The van der Waals surface area contributed by atoms with Crippen LogP contribution < -0.4 is 0 Å². The molecule has 2 fully saturated rings. The molecule has 0 radical (unpaired) electrons. The first-order chi connectivity index (χ1) is 9.94. The summed E-state index contributed by atoms with van der Waals surface area (Å²) in [6, 6.07) is 0. The van der Waals surface area contributed by atoms with Gasteiger partial charge < -0.3 is 9.47 Å². The standard InChI is InChI=1S/C19H36O2/c1-15(2)10-16-6-5-7-17(11-16)12-19(3,4)13-18-14-20-8-9-21-18/h15-18H,5-14H2,1-4H3. The van der Waals surface area contributed by atoms with Gasteiger partial charge in [0.25, 0.3) is 0 Å². The van der Waals surface area contributed by atoms with Gasteiger partial charge in [-0.1, -0.05) is 47.0 Å². The zero-order valence-electron chi connectivity index (χ0n) is 14.7. The smallest absolute Gasteiger partial charge is 0.0814 e. The fourth-order valence-corrected chi connectivity index (χ4v) is 4.60. The van der Waals surface area contributed by atoms with Crippen LogP contribution in [0.4, 0.5) is 0 Å². The van der Waals surface area contributed by atoms with Gasteiger partial charge in [-0.05, 0) is 48.9 Å². The maximum Gasteiger partial charge on any atom is 0.0814 e. The molecule has 0 N–H and O–H groups in total. The summed E-state index contributed by atoms with van der Waals surface area (Å²) in [4.78, 5) is 0. The van der Waals surface area contributed by atoms with E-state index < -0.39 is 0 Å². The highest BCUT2D eigenvalue weighted by Gasteiger charge is 2.31. The second kappa shape index (κ2) is 7.97. The minimum Gasteiger partial charge on any atom is -0.376 e. The zero-order valence-corrected chi connectivity index (χ0v) is 14.7. The lowest BCUT2D eigenvalue weighted by Gasteiger charge is -2.37. The van der Waals surface area contributed by atoms with E-state index in [4.69, 9.17) is 9.47 Å². The SMILES string of the molecule is CC(C)CC1CCCC(CC(C)(C)CC2COCCO2)C1. The van der Waals surface area contributed by atoms with Crippen LogP contribution in [0, 0.1) is 23.2 Å². The lowest BCUT2D eigenvalue weighted by molar-refractivity contribution is -0.103. The minimum atomic E-state index is 0.323. The first-order valence-corrected chi connectivity index (χ1v) is 9.14. The monoisotopic (exact) mass is 296 g/mol. The molecule has 0 aromatic rings. The third kappa shape index (κ3) is 6.28. The molecule has 0 amide bonds. The summed E-state index contributed by atoms with van der Waals surface area (Å²) in [6.07, 6.45) is 10.1. The predicted octanol–water partition coefficient (Wildman–Crippen LogP) is 5.06. The Morgan fingerprint density at radius 2 is 1.81 bits per heavy atom. The summed E-state index contributed by atoms with van der Waals surface area (Å²) < 4.78 is 11.4. The van der Waals surface area contributed by atoms with Crippen molar-refractivity contribution in [1.29, 1.82) is 0 Å². The van der Waals surface area contributed by atoms with Crippen molar-refractivity contribution in [1.82, 2.24) is 0 Å². The molecule has 1 heterocycles. The van der Waals surface area contributed by atoms with E-state index in [0.29, 0.717) is 11.5 Å². The zero-order chi connectivity index (χ0) is 15.3. The first-order valence-electron chi connectivity index (χ1n) is 9.14. The molecule has 2 heteroatoms. The van der Waals surface area contributed by atoms with E-state index in [1.807, 2.05) is 0 Å². The van der Waals surface area contributed by atoms with Gasteiger partial charge in [-0.25, -0.2) is 0 Å². The quantitative estimate of drug-likeness (QED) is 0.682. The van der Waals surface area contributed by atoms with Crippen LogP contribution in [-0.4, -0.2) is 25.9 Å². The second-order valence-electron chi connectivity index (χ2n) is 8.67. The second-order valence-corrected chi connectivity index (χ2v) is 8.67. The Balaban J connectivity index is 1.78. The maximum atomic E-state index is 5.85. The van der Waals surface area contributed by atoms with Crippen molar-refractivity contribution in [2.75, 3.05) is 19.8 Å². The molecule has 1 saturated carbocycles. The van der Waals surface area contributed by atoms with Gasteiger partial charge in [-0.2, -0.15) is 0 Å². The molecule has 0 bridgehead atoms. The van der Waals surface area contributed by atoms with Gasteiger partial charge in [0.1, 0.15) is 0 Å². The van der Waals surface area contributed by atoms with Crippen LogP contribution in [0.5, 0.6) is 0 Å². The Bertz CT molecular complexity index is 292. The average molecular weight is 296 g/mol. The molecule has 2 rings (SSSR count). The van der Waals surface area contributed by atoms with Crippen molar-refractivity contribution in [2.24, 2.45) is 23.2 Å². The third-order valence-corrected chi connectivity index (χ3v) is 5.20. The van der Waals surface area contributed by atoms with E-state index in [-0.39, 0.29) is 0 Å². The van der Waals surface area contributed by atoms with E-state index in [2.05, 4.69) is 27.7 Å². The highest BCUT2D eigenvalue weighted by molar-refractivity contribution is 4.82. The molecule has 1 aliphatic heterocycles. The van der Waals surface area contributed by atoms with Gasteiger partial charge in [-0.3, -0.25) is 0 Å². The minimum absolute atomic E-state index is 0.323. The number of hydrogen-bond acceptors (Lipinski definition) is 2. The lowest BCUT2D eigenvalue weighted by Crippen LogP contribution is -2.34. The van der Waals surface area contributed by atoms with Gasteiger partial charge >= 0.3 is 0 Å². The molecule has 1 aliphatic carbocycles. The van der Waals surface area contributed by atoms with Crippen molar-refractivity contribution in [2.45, 2.75) is 78.7 Å². The van der Waals surface area contributed by atoms with E-state index >= 15 is 0 Å². The molecule has 3 atom stereocenters. The van der Waals surface area contributed by atoms with Gasteiger partial charge in [0.15, 0.2) is 0 Å². The maximum absolute atomic E-state index is 5.85.